The second kappa shape index (κ2) is 5.47. The van der Waals surface area contributed by atoms with Crippen molar-refractivity contribution in [2.45, 2.75) is 4.90 Å². The van der Waals surface area contributed by atoms with Crippen molar-refractivity contribution < 1.29 is 13.2 Å². The molecular weight excluding hydrogens is 306 g/mol. The summed E-state index contributed by atoms with van der Waals surface area (Å²) in [6.45, 7) is 0. The molecule has 0 aliphatic rings. The van der Waals surface area contributed by atoms with Gasteiger partial charge in [0.15, 0.2) is 0 Å². The van der Waals surface area contributed by atoms with Crippen molar-refractivity contribution in [1.29, 1.82) is 0 Å². The van der Waals surface area contributed by atoms with E-state index in [0.29, 0.717) is 0 Å². The number of nitrogens with two attached hydrogens (primary N) is 1. The number of nitrogen functional groups attached to an aromatic ring is 1. The minimum Gasteiger partial charge on any atom is -0.481 e. The lowest BCUT2D eigenvalue weighted by atomic mass is 10.5. The zero-order valence-electron chi connectivity index (χ0n) is 10.2. The van der Waals surface area contributed by atoms with Crippen LogP contribution in [0, 0.1) is 0 Å². The van der Waals surface area contributed by atoms with Crippen molar-refractivity contribution >= 4 is 33.4 Å². The van der Waals surface area contributed by atoms with Gasteiger partial charge in [-0.1, -0.05) is 11.6 Å². The van der Waals surface area contributed by atoms with Crippen LogP contribution in [0.5, 0.6) is 5.88 Å². The van der Waals surface area contributed by atoms with Crippen LogP contribution in [0.25, 0.3) is 0 Å². The predicted molar refractivity (Wildman–Crippen MR) is 73.1 cm³/mol. The number of rotatable bonds is 4. The second-order valence-corrected chi connectivity index (χ2v) is 5.59. The maximum Gasteiger partial charge on any atom is 0.267 e. The Balaban J connectivity index is 2.38. The van der Waals surface area contributed by atoms with Crippen LogP contribution in [0.15, 0.2) is 29.3 Å². The van der Waals surface area contributed by atoms with Gasteiger partial charge in [-0.05, 0) is 12.1 Å². The molecule has 2 rings (SSSR count). The summed E-state index contributed by atoms with van der Waals surface area (Å²) in [7, 11) is -2.59. The summed E-state index contributed by atoms with van der Waals surface area (Å²) in [4.78, 5) is 11.1. The Hall–Kier alpha value is -2.13. The largest absolute Gasteiger partial charge is 0.481 e. The third-order valence-electron chi connectivity index (χ3n) is 2.20. The summed E-state index contributed by atoms with van der Waals surface area (Å²) in [5.41, 5.74) is 5.52. The molecule has 2 aromatic heterocycles. The van der Waals surface area contributed by atoms with Gasteiger partial charge in [-0.25, -0.2) is 23.1 Å². The van der Waals surface area contributed by atoms with Gasteiger partial charge >= 0.3 is 0 Å². The molecule has 0 fully saturated rings. The summed E-state index contributed by atoms with van der Waals surface area (Å²) < 4.78 is 31.3. The minimum absolute atomic E-state index is 0.0358. The topological polar surface area (TPSA) is 120 Å². The van der Waals surface area contributed by atoms with Gasteiger partial charge < -0.3 is 10.5 Å². The van der Waals surface area contributed by atoms with Crippen LogP contribution >= 0.6 is 11.6 Å². The highest BCUT2D eigenvalue weighted by atomic mass is 35.5. The highest BCUT2D eigenvalue weighted by molar-refractivity contribution is 7.92. The molecule has 0 saturated carbocycles. The van der Waals surface area contributed by atoms with Crippen LogP contribution in [-0.2, 0) is 10.0 Å². The molecule has 10 heteroatoms. The molecule has 0 amide bonds. The Kier molecular flexibility index (Phi) is 3.91. The maximum absolute atomic E-state index is 12.1. The monoisotopic (exact) mass is 315 g/mol. The smallest absolute Gasteiger partial charge is 0.267 e. The Morgan fingerprint density at radius 2 is 2.15 bits per heavy atom. The Morgan fingerprint density at radius 3 is 2.80 bits per heavy atom. The molecule has 2 heterocycles. The molecule has 0 unspecified atom stereocenters. The fourth-order valence-electron chi connectivity index (χ4n) is 1.35. The van der Waals surface area contributed by atoms with E-state index >= 15 is 0 Å². The van der Waals surface area contributed by atoms with Gasteiger partial charge in [-0.2, -0.15) is 4.98 Å². The second-order valence-electron chi connectivity index (χ2n) is 3.55. The number of anilines is 2. The average Bonchev–Trinajstić information content (AvgIpc) is 2.37. The number of ether oxygens (including phenoxy) is 1. The highest BCUT2D eigenvalue weighted by Crippen LogP contribution is 2.20. The minimum atomic E-state index is -3.96. The Labute approximate surface area is 120 Å². The number of hydrogen-bond donors (Lipinski definition) is 2. The third-order valence-corrected chi connectivity index (χ3v) is 3.76. The van der Waals surface area contributed by atoms with Crippen molar-refractivity contribution in [2.75, 3.05) is 17.6 Å². The van der Waals surface area contributed by atoms with E-state index in [1.54, 1.807) is 0 Å². The first-order valence-electron chi connectivity index (χ1n) is 5.24. The van der Waals surface area contributed by atoms with Crippen molar-refractivity contribution in [2.24, 2.45) is 0 Å². The molecule has 3 N–H and O–H groups in total. The summed E-state index contributed by atoms with van der Waals surface area (Å²) in [5.74, 6) is -0.228. The quantitative estimate of drug-likeness (QED) is 0.805. The van der Waals surface area contributed by atoms with Crippen molar-refractivity contribution in [3.8, 4) is 5.88 Å². The van der Waals surface area contributed by atoms with Crippen LogP contribution in [0.3, 0.4) is 0 Å². The normalized spacial score (nSPS) is 11.1. The van der Waals surface area contributed by atoms with Crippen LogP contribution in [0.2, 0.25) is 5.15 Å². The maximum atomic E-state index is 12.1. The van der Waals surface area contributed by atoms with E-state index in [2.05, 4.69) is 19.7 Å². The number of nitrogens with zero attached hydrogens (tertiary/aromatic N) is 3. The molecule has 0 radical (unpaired) electrons. The van der Waals surface area contributed by atoms with E-state index in [9.17, 15) is 8.42 Å². The number of nitrogens with one attached hydrogen (secondary N) is 1. The molecule has 2 aromatic rings. The van der Waals surface area contributed by atoms with E-state index in [1.165, 1.54) is 31.5 Å². The first kappa shape index (κ1) is 14.3. The van der Waals surface area contributed by atoms with Crippen molar-refractivity contribution in [1.82, 2.24) is 15.0 Å². The lowest BCUT2D eigenvalue weighted by Crippen LogP contribution is -2.17. The Morgan fingerprint density at radius 1 is 1.40 bits per heavy atom. The molecule has 0 bridgehead atoms. The third kappa shape index (κ3) is 3.06. The lowest BCUT2D eigenvalue weighted by molar-refractivity contribution is 0.397. The van der Waals surface area contributed by atoms with Crippen LogP contribution < -0.4 is 15.2 Å². The van der Waals surface area contributed by atoms with E-state index in [4.69, 9.17) is 22.1 Å². The SMILES string of the molecule is COc1cc(Cl)nc(NS(=O)(=O)c2cccnc2N)n1. The number of methoxy groups -OCH3 is 1. The molecule has 8 nitrogen and oxygen atoms in total. The van der Waals surface area contributed by atoms with Crippen LogP contribution in [0.4, 0.5) is 11.8 Å². The van der Waals surface area contributed by atoms with Gasteiger partial charge in [0.2, 0.25) is 11.8 Å². The number of sulfonamides is 1. The molecule has 0 atom stereocenters. The van der Waals surface area contributed by atoms with Crippen LogP contribution in [-0.4, -0.2) is 30.5 Å². The summed E-state index contributed by atoms with van der Waals surface area (Å²) in [6, 6.07) is 4.11. The van der Waals surface area contributed by atoms with Gasteiger partial charge in [0, 0.05) is 12.3 Å². The molecule has 106 valence electrons. The fourth-order valence-corrected chi connectivity index (χ4v) is 2.55. The number of hydrogen-bond acceptors (Lipinski definition) is 7. The molecule has 0 saturated heterocycles. The molecule has 0 aromatic carbocycles. The molecular formula is C10H10ClN5O3S. The van der Waals surface area contributed by atoms with Crippen molar-refractivity contribution in [3.05, 3.63) is 29.5 Å². The zero-order valence-corrected chi connectivity index (χ0v) is 11.8. The van der Waals surface area contributed by atoms with Gasteiger partial charge in [-0.3, -0.25) is 0 Å². The zero-order chi connectivity index (χ0) is 14.8. The van der Waals surface area contributed by atoms with Gasteiger partial charge in [-0.15, -0.1) is 0 Å². The summed E-state index contributed by atoms with van der Waals surface area (Å²) in [6.07, 6.45) is 1.38. The number of halogens is 1. The van der Waals surface area contributed by atoms with E-state index in [0.717, 1.165) is 0 Å². The number of pyridine rings is 1. The first-order chi connectivity index (χ1) is 9.42. The summed E-state index contributed by atoms with van der Waals surface area (Å²) in [5, 5.41) is 0.0358. The fraction of sp³-hybridized carbons (Fsp3) is 0.100. The number of aromatic nitrogens is 3. The highest BCUT2D eigenvalue weighted by Gasteiger charge is 2.20. The average molecular weight is 316 g/mol. The van der Waals surface area contributed by atoms with E-state index < -0.39 is 10.0 Å². The Bertz CT molecular complexity index is 737. The molecule has 0 aliphatic heterocycles. The van der Waals surface area contributed by atoms with Crippen LogP contribution in [0.1, 0.15) is 0 Å². The van der Waals surface area contributed by atoms with E-state index in [-0.39, 0.29) is 27.7 Å². The molecule has 20 heavy (non-hydrogen) atoms. The summed E-state index contributed by atoms with van der Waals surface area (Å²) >= 11 is 5.73. The first-order valence-corrected chi connectivity index (χ1v) is 7.10. The molecule has 0 aliphatic carbocycles. The standard InChI is InChI=1S/C10H10ClN5O3S/c1-19-8-5-7(11)14-10(15-8)16-20(17,18)6-3-2-4-13-9(6)12/h2-5H,1H3,(H2,12,13)(H,14,15,16). The predicted octanol–water partition coefficient (Wildman–Crippen LogP) is 0.917. The molecule has 0 spiro atoms. The van der Waals surface area contributed by atoms with Gasteiger partial charge in [0.05, 0.1) is 7.11 Å². The van der Waals surface area contributed by atoms with Gasteiger partial charge in [0.25, 0.3) is 10.0 Å². The van der Waals surface area contributed by atoms with Crippen molar-refractivity contribution in [3.63, 3.8) is 0 Å². The van der Waals surface area contributed by atoms with Gasteiger partial charge in [0.1, 0.15) is 15.9 Å². The lowest BCUT2D eigenvalue weighted by Gasteiger charge is -2.09. The van der Waals surface area contributed by atoms with E-state index in [1.807, 2.05) is 0 Å².